The number of unbranched alkanes of at least 4 members (excludes halogenated alkanes) is 2. The molecule has 2 aromatic carbocycles. The Labute approximate surface area is 191 Å². The molecule has 0 atom stereocenters. The van der Waals surface area contributed by atoms with Crippen LogP contribution in [0, 0.1) is 6.92 Å². The van der Waals surface area contributed by atoms with Crippen molar-refractivity contribution in [2.24, 2.45) is 0 Å². The number of carboxylic acid groups (broad SMARTS) is 1. The summed E-state index contributed by atoms with van der Waals surface area (Å²) in [6.07, 6.45) is 3.80. The van der Waals surface area contributed by atoms with Gasteiger partial charge in [0.2, 0.25) is 0 Å². The predicted molar refractivity (Wildman–Crippen MR) is 128 cm³/mol. The number of sulfone groups is 1. The molecule has 0 heterocycles. The third kappa shape index (κ3) is 6.01. The van der Waals surface area contributed by atoms with Crippen LogP contribution in [0.25, 0.3) is 11.1 Å². The van der Waals surface area contributed by atoms with Crippen LogP contribution in [0.1, 0.15) is 62.4 Å². The molecule has 0 aromatic heterocycles. The maximum atomic E-state index is 13.1. The molecule has 0 radical (unpaired) electrons. The Morgan fingerprint density at radius 1 is 1.03 bits per heavy atom. The van der Waals surface area contributed by atoms with E-state index in [1.54, 1.807) is 19.1 Å². The quantitative estimate of drug-likeness (QED) is 0.426. The Bertz CT molecular complexity index is 1030. The number of hydrogen-bond donors (Lipinski definition) is 1. The van der Waals surface area contributed by atoms with Crippen molar-refractivity contribution in [2.75, 3.05) is 23.7 Å². The van der Waals surface area contributed by atoms with E-state index in [9.17, 15) is 18.3 Å². The molecule has 0 unspecified atom stereocenters. The van der Waals surface area contributed by atoms with Crippen LogP contribution >= 0.6 is 11.6 Å². The minimum atomic E-state index is -3.69. The van der Waals surface area contributed by atoms with E-state index in [1.807, 2.05) is 19.1 Å². The molecule has 0 aliphatic rings. The molecule has 31 heavy (non-hydrogen) atoms. The monoisotopic (exact) mass is 465 g/mol. The highest BCUT2D eigenvalue weighted by Crippen LogP contribution is 2.40. The van der Waals surface area contributed by atoms with E-state index in [2.05, 4.69) is 18.7 Å². The van der Waals surface area contributed by atoms with E-state index in [1.165, 1.54) is 6.07 Å². The summed E-state index contributed by atoms with van der Waals surface area (Å²) in [6.45, 7) is 9.09. The van der Waals surface area contributed by atoms with Gasteiger partial charge in [-0.3, -0.25) is 0 Å². The number of benzene rings is 2. The van der Waals surface area contributed by atoms with Crippen molar-refractivity contribution in [3.63, 3.8) is 0 Å². The van der Waals surface area contributed by atoms with E-state index < -0.39 is 15.8 Å². The first-order chi connectivity index (χ1) is 14.7. The van der Waals surface area contributed by atoms with Crippen LogP contribution in [-0.2, 0) is 9.84 Å². The molecule has 2 aromatic rings. The van der Waals surface area contributed by atoms with Gasteiger partial charge < -0.3 is 10.0 Å². The summed E-state index contributed by atoms with van der Waals surface area (Å²) in [7, 11) is -3.69. The highest BCUT2D eigenvalue weighted by Gasteiger charge is 2.26. The minimum absolute atomic E-state index is 0.0259. The van der Waals surface area contributed by atoms with Gasteiger partial charge in [0.1, 0.15) is 0 Å². The lowest BCUT2D eigenvalue weighted by Gasteiger charge is -2.29. The zero-order chi connectivity index (χ0) is 23.2. The van der Waals surface area contributed by atoms with Crippen molar-refractivity contribution in [1.29, 1.82) is 0 Å². The van der Waals surface area contributed by atoms with Crippen molar-refractivity contribution in [2.45, 2.75) is 58.3 Å². The third-order valence-corrected chi connectivity index (χ3v) is 7.57. The Morgan fingerprint density at radius 3 is 2.13 bits per heavy atom. The molecule has 0 aliphatic heterocycles. The van der Waals surface area contributed by atoms with Crippen LogP contribution in [0.15, 0.2) is 35.2 Å². The summed E-state index contributed by atoms with van der Waals surface area (Å²) in [6, 6.07) is 8.37. The average Bonchev–Trinajstić information content (AvgIpc) is 2.75. The van der Waals surface area contributed by atoms with Crippen molar-refractivity contribution in [1.82, 2.24) is 0 Å². The molecule has 5 nitrogen and oxygen atoms in total. The molecule has 2 rings (SSSR count). The van der Waals surface area contributed by atoms with E-state index in [0.717, 1.165) is 44.3 Å². The van der Waals surface area contributed by atoms with Crippen LogP contribution in [-0.4, -0.2) is 38.3 Å². The Kier molecular flexibility index (Phi) is 8.95. The fraction of sp³-hybridized carbons (Fsp3) is 0.458. The van der Waals surface area contributed by atoms with Crippen LogP contribution in [0.5, 0.6) is 0 Å². The van der Waals surface area contributed by atoms with Gasteiger partial charge in [0, 0.05) is 29.4 Å². The molecule has 0 saturated heterocycles. The lowest BCUT2D eigenvalue weighted by Crippen LogP contribution is -2.27. The molecule has 7 heteroatoms. The van der Waals surface area contributed by atoms with E-state index in [-0.39, 0.29) is 16.2 Å². The molecular weight excluding hydrogens is 434 g/mol. The zero-order valence-electron chi connectivity index (χ0n) is 18.7. The Hall–Kier alpha value is -2.05. The first-order valence-electron chi connectivity index (χ1n) is 10.8. The van der Waals surface area contributed by atoms with Gasteiger partial charge in [0.25, 0.3) is 0 Å². The lowest BCUT2D eigenvalue weighted by atomic mass is 9.98. The van der Waals surface area contributed by atoms with Crippen molar-refractivity contribution >= 4 is 33.1 Å². The number of aromatic carboxylic acids is 1. The summed E-state index contributed by atoms with van der Waals surface area (Å²) < 4.78 is 26.2. The molecule has 170 valence electrons. The van der Waals surface area contributed by atoms with Crippen molar-refractivity contribution in [3.8, 4) is 11.1 Å². The van der Waals surface area contributed by atoms with Gasteiger partial charge in [-0.25, -0.2) is 13.2 Å². The number of carbonyl (C=O) groups is 1. The second-order valence-corrected chi connectivity index (χ2v) is 10.4. The van der Waals surface area contributed by atoms with Gasteiger partial charge in [0.05, 0.1) is 16.2 Å². The molecule has 0 aliphatic carbocycles. The smallest absolute Gasteiger partial charge is 0.335 e. The van der Waals surface area contributed by atoms with Crippen LogP contribution < -0.4 is 4.90 Å². The van der Waals surface area contributed by atoms with Crippen LogP contribution in [0.4, 0.5) is 5.69 Å². The normalized spacial score (nSPS) is 11.5. The summed E-state index contributed by atoms with van der Waals surface area (Å²) >= 11 is 6.39. The van der Waals surface area contributed by atoms with Gasteiger partial charge in [-0.1, -0.05) is 57.3 Å². The summed E-state index contributed by atoms with van der Waals surface area (Å²) in [5.74, 6) is -1.26. The van der Waals surface area contributed by atoms with Crippen LogP contribution in [0.3, 0.4) is 0 Å². The first-order valence-corrected chi connectivity index (χ1v) is 12.8. The Balaban J connectivity index is 2.92. The molecule has 0 saturated carbocycles. The first kappa shape index (κ1) is 25.2. The molecular formula is C24H32ClNO4S. The van der Waals surface area contributed by atoms with E-state index in [4.69, 9.17) is 11.6 Å². The maximum absolute atomic E-state index is 13.1. The van der Waals surface area contributed by atoms with Gasteiger partial charge in [-0.15, -0.1) is 0 Å². The van der Waals surface area contributed by atoms with Gasteiger partial charge in [0.15, 0.2) is 9.84 Å². The maximum Gasteiger partial charge on any atom is 0.335 e. The molecule has 0 amide bonds. The van der Waals surface area contributed by atoms with E-state index >= 15 is 0 Å². The summed E-state index contributed by atoms with van der Waals surface area (Å²) in [5, 5.41) is 10.3. The summed E-state index contributed by atoms with van der Waals surface area (Å²) in [4.78, 5) is 14.0. The molecule has 1 N–H and O–H groups in total. The SMILES string of the molecule is CCCCN(CCCC)c1cc(C(=O)O)cc(S(=O)(=O)CC)c1-c1ccc(C)c(Cl)c1. The lowest BCUT2D eigenvalue weighted by molar-refractivity contribution is 0.0696. The van der Waals surface area contributed by atoms with Crippen molar-refractivity contribution in [3.05, 3.63) is 46.5 Å². The van der Waals surface area contributed by atoms with E-state index in [0.29, 0.717) is 21.8 Å². The zero-order valence-corrected chi connectivity index (χ0v) is 20.3. The van der Waals surface area contributed by atoms with Gasteiger partial charge in [-0.05, 0) is 49.1 Å². The fourth-order valence-corrected chi connectivity index (χ4v) is 4.80. The highest BCUT2D eigenvalue weighted by molar-refractivity contribution is 7.91. The number of carboxylic acids is 1. The predicted octanol–water partition coefficient (Wildman–Crippen LogP) is 6.21. The Morgan fingerprint density at radius 2 is 1.65 bits per heavy atom. The van der Waals surface area contributed by atoms with Crippen LogP contribution in [0.2, 0.25) is 5.02 Å². The fourth-order valence-electron chi connectivity index (χ4n) is 3.46. The molecule has 0 bridgehead atoms. The topological polar surface area (TPSA) is 74.7 Å². The second kappa shape index (κ2) is 11.0. The second-order valence-electron chi connectivity index (χ2n) is 7.74. The average molecular weight is 466 g/mol. The summed E-state index contributed by atoms with van der Waals surface area (Å²) in [5.41, 5.74) is 2.70. The van der Waals surface area contributed by atoms with Crippen molar-refractivity contribution < 1.29 is 18.3 Å². The highest BCUT2D eigenvalue weighted by atomic mass is 35.5. The molecule has 0 spiro atoms. The number of anilines is 1. The molecule has 0 fully saturated rings. The number of aryl methyl sites for hydroxylation is 1. The number of hydrogen-bond acceptors (Lipinski definition) is 4. The minimum Gasteiger partial charge on any atom is -0.478 e. The number of nitrogens with zero attached hydrogens (tertiary/aromatic N) is 1. The number of rotatable bonds is 11. The third-order valence-electron chi connectivity index (χ3n) is 5.41. The van der Waals surface area contributed by atoms with Gasteiger partial charge >= 0.3 is 5.97 Å². The standard InChI is InChI=1S/C24H32ClNO4S/c1-5-8-12-26(13-9-6-2)21-15-19(24(27)28)16-22(31(29,30)7-3)23(21)18-11-10-17(4)20(25)14-18/h10-11,14-16H,5-9,12-13H2,1-4H3,(H,27,28). The number of halogens is 1. The van der Waals surface area contributed by atoms with Gasteiger partial charge in [-0.2, -0.15) is 0 Å². The largest absolute Gasteiger partial charge is 0.478 e.